The van der Waals surface area contributed by atoms with Gasteiger partial charge < -0.3 is 21.1 Å². The third-order valence-electron chi connectivity index (χ3n) is 4.34. The summed E-state index contributed by atoms with van der Waals surface area (Å²) in [5.41, 5.74) is 8.57. The van der Waals surface area contributed by atoms with E-state index in [0.29, 0.717) is 25.3 Å². The average Bonchev–Trinajstić information content (AvgIpc) is 2.71. The van der Waals surface area contributed by atoms with Crippen LogP contribution >= 0.6 is 0 Å². The van der Waals surface area contributed by atoms with Crippen molar-refractivity contribution in [3.8, 4) is 16.9 Å². The molecule has 0 fully saturated rings. The van der Waals surface area contributed by atoms with Crippen LogP contribution in [-0.4, -0.2) is 25.0 Å². The van der Waals surface area contributed by atoms with E-state index < -0.39 is 5.91 Å². The van der Waals surface area contributed by atoms with Gasteiger partial charge in [0.2, 0.25) is 5.91 Å². The van der Waals surface area contributed by atoms with Gasteiger partial charge in [-0.1, -0.05) is 49.0 Å². The molecule has 0 saturated carbocycles. The summed E-state index contributed by atoms with van der Waals surface area (Å²) in [4.78, 5) is 23.9. The molecule has 1 aliphatic rings. The van der Waals surface area contributed by atoms with Crippen LogP contribution in [0, 0.1) is 0 Å². The minimum Gasteiger partial charge on any atom is -0.494 e. The van der Waals surface area contributed by atoms with E-state index in [0.717, 1.165) is 16.9 Å². The van der Waals surface area contributed by atoms with Gasteiger partial charge in [-0.05, 0) is 29.7 Å². The van der Waals surface area contributed by atoms with Crippen LogP contribution in [-0.2, 0) is 9.59 Å². The SMILES string of the molecule is C=C1CC(C(=O)NCCCOc2cccc(-c3ccccc3)c2)=C(N)C(=O)N1. The van der Waals surface area contributed by atoms with E-state index in [-0.39, 0.29) is 23.6 Å². The van der Waals surface area contributed by atoms with E-state index >= 15 is 0 Å². The predicted octanol–water partition coefficient (Wildman–Crippen LogP) is 2.49. The number of hydrogen-bond donors (Lipinski definition) is 3. The zero-order valence-corrected chi connectivity index (χ0v) is 15.5. The van der Waals surface area contributed by atoms with Crippen molar-refractivity contribution in [3.63, 3.8) is 0 Å². The monoisotopic (exact) mass is 377 g/mol. The van der Waals surface area contributed by atoms with Crippen LogP contribution in [0.25, 0.3) is 11.1 Å². The molecular formula is C22H23N3O3. The van der Waals surface area contributed by atoms with Crippen LogP contribution in [0.3, 0.4) is 0 Å². The van der Waals surface area contributed by atoms with Gasteiger partial charge in [-0.3, -0.25) is 9.59 Å². The number of ether oxygens (including phenoxy) is 1. The number of nitrogens with two attached hydrogens (primary N) is 1. The number of nitrogens with one attached hydrogen (secondary N) is 2. The number of hydrogen-bond acceptors (Lipinski definition) is 4. The smallest absolute Gasteiger partial charge is 0.271 e. The molecule has 28 heavy (non-hydrogen) atoms. The minimum atomic E-state index is -0.483. The zero-order valence-electron chi connectivity index (χ0n) is 15.5. The van der Waals surface area contributed by atoms with Gasteiger partial charge in [0.05, 0.1) is 12.2 Å². The Bertz CT molecular complexity index is 920. The molecule has 0 aromatic heterocycles. The lowest BCUT2D eigenvalue weighted by Crippen LogP contribution is -2.38. The first-order valence-electron chi connectivity index (χ1n) is 9.09. The van der Waals surface area contributed by atoms with E-state index in [1.165, 1.54) is 0 Å². The molecule has 4 N–H and O–H groups in total. The topological polar surface area (TPSA) is 93.4 Å². The Balaban J connectivity index is 1.46. The van der Waals surface area contributed by atoms with Gasteiger partial charge in [-0.2, -0.15) is 0 Å². The number of benzene rings is 2. The molecule has 0 aliphatic carbocycles. The minimum absolute atomic E-state index is 0.0566. The second-order valence-corrected chi connectivity index (χ2v) is 6.48. The second-order valence-electron chi connectivity index (χ2n) is 6.48. The molecule has 0 unspecified atom stereocenters. The van der Waals surface area contributed by atoms with Gasteiger partial charge >= 0.3 is 0 Å². The average molecular weight is 377 g/mol. The largest absolute Gasteiger partial charge is 0.494 e. The number of carbonyl (C=O) groups excluding carboxylic acids is 2. The summed E-state index contributed by atoms with van der Waals surface area (Å²) >= 11 is 0. The maximum Gasteiger partial charge on any atom is 0.271 e. The van der Waals surface area contributed by atoms with Crippen molar-refractivity contribution in [2.24, 2.45) is 5.73 Å². The molecule has 0 saturated heterocycles. The van der Waals surface area contributed by atoms with E-state index in [1.54, 1.807) is 0 Å². The molecule has 0 atom stereocenters. The number of allylic oxidation sites excluding steroid dienone is 1. The standard InChI is InChI=1S/C22H23N3O3/c1-15-13-19(20(23)22(27)25-15)21(26)24-11-6-12-28-18-10-5-9-17(14-18)16-7-3-2-4-8-16/h2-5,7-10,14H,1,6,11-13,23H2,(H,24,26)(H,25,27). The Morgan fingerprint density at radius 3 is 2.68 bits per heavy atom. The molecule has 1 heterocycles. The maximum absolute atomic E-state index is 12.2. The lowest BCUT2D eigenvalue weighted by Gasteiger charge is -2.19. The van der Waals surface area contributed by atoms with Crippen molar-refractivity contribution in [2.75, 3.05) is 13.2 Å². The summed E-state index contributed by atoms with van der Waals surface area (Å²) in [6.07, 6.45) is 0.869. The lowest BCUT2D eigenvalue weighted by atomic mass is 10.0. The fourth-order valence-electron chi connectivity index (χ4n) is 2.89. The van der Waals surface area contributed by atoms with Crippen molar-refractivity contribution in [3.05, 3.63) is 78.1 Å². The molecular weight excluding hydrogens is 354 g/mol. The Labute approximate surface area is 164 Å². The molecule has 144 valence electrons. The first-order valence-corrected chi connectivity index (χ1v) is 9.09. The Morgan fingerprint density at radius 2 is 1.89 bits per heavy atom. The summed E-state index contributed by atoms with van der Waals surface area (Å²) < 4.78 is 5.78. The number of rotatable bonds is 7. The van der Waals surface area contributed by atoms with Gasteiger partial charge in [0, 0.05) is 18.7 Å². The van der Waals surface area contributed by atoms with Crippen LogP contribution < -0.4 is 21.1 Å². The van der Waals surface area contributed by atoms with Gasteiger partial charge in [0.25, 0.3) is 5.91 Å². The Hall–Kier alpha value is -3.54. The van der Waals surface area contributed by atoms with E-state index in [2.05, 4.69) is 29.3 Å². The van der Waals surface area contributed by atoms with Crippen LogP contribution in [0.5, 0.6) is 5.75 Å². The summed E-state index contributed by atoms with van der Waals surface area (Å²) in [5.74, 6) is -0.0533. The van der Waals surface area contributed by atoms with E-state index in [4.69, 9.17) is 10.5 Å². The third kappa shape index (κ3) is 4.79. The highest BCUT2D eigenvalue weighted by Gasteiger charge is 2.24. The van der Waals surface area contributed by atoms with Crippen LogP contribution in [0.4, 0.5) is 0 Å². The normalized spacial score (nSPS) is 13.9. The number of amides is 2. The van der Waals surface area contributed by atoms with E-state index in [1.807, 2.05) is 42.5 Å². The van der Waals surface area contributed by atoms with Gasteiger partial charge in [0.1, 0.15) is 11.4 Å². The van der Waals surface area contributed by atoms with Gasteiger partial charge in [-0.15, -0.1) is 0 Å². The highest BCUT2D eigenvalue weighted by molar-refractivity contribution is 6.06. The molecule has 2 aromatic rings. The molecule has 0 radical (unpaired) electrons. The molecule has 2 aromatic carbocycles. The fraction of sp³-hybridized carbons (Fsp3) is 0.182. The first-order chi connectivity index (χ1) is 13.5. The Kier molecular flexibility index (Phi) is 6.11. The van der Waals surface area contributed by atoms with Gasteiger partial charge in [0.15, 0.2) is 0 Å². The van der Waals surface area contributed by atoms with E-state index in [9.17, 15) is 9.59 Å². The summed E-state index contributed by atoms with van der Waals surface area (Å²) in [6.45, 7) is 4.56. The van der Waals surface area contributed by atoms with Crippen molar-refractivity contribution >= 4 is 11.8 Å². The van der Waals surface area contributed by atoms with Crippen LogP contribution in [0.15, 0.2) is 78.1 Å². The van der Waals surface area contributed by atoms with Crippen molar-refractivity contribution in [1.82, 2.24) is 10.6 Å². The molecule has 0 bridgehead atoms. The fourth-order valence-corrected chi connectivity index (χ4v) is 2.89. The number of carbonyl (C=O) groups is 2. The highest BCUT2D eigenvalue weighted by Crippen LogP contribution is 2.23. The molecule has 6 nitrogen and oxygen atoms in total. The van der Waals surface area contributed by atoms with Crippen LogP contribution in [0.2, 0.25) is 0 Å². The van der Waals surface area contributed by atoms with Crippen molar-refractivity contribution < 1.29 is 14.3 Å². The van der Waals surface area contributed by atoms with Crippen molar-refractivity contribution in [1.29, 1.82) is 0 Å². The van der Waals surface area contributed by atoms with Crippen molar-refractivity contribution in [2.45, 2.75) is 12.8 Å². The molecule has 1 aliphatic heterocycles. The highest BCUT2D eigenvalue weighted by atomic mass is 16.5. The zero-order chi connectivity index (χ0) is 19.9. The van der Waals surface area contributed by atoms with Crippen LogP contribution in [0.1, 0.15) is 12.8 Å². The molecule has 3 rings (SSSR count). The molecule has 0 spiro atoms. The summed E-state index contributed by atoms with van der Waals surface area (Å²) in [5, 5.41) is 5.28. The molecule has 6 heteroatoms. The summed E-state index contributed by atoms with van der Waals surface area (Å²) in [6, 6.07) is 18.0. The first kappa shape index (κ1) is 19.2. The van der Waals surface area contributed by atoms with Gasteiger partial charge in [-0.25, -0.2) is 0 Å². The predicted molar refractivity (Wildman–Crippen MR) is 108 cm³/mol. The summed E-state index contributed by atoms with van der Waals surface area (Å²) in [7, 11) is 0. The maximum atomic E-state index is 12.2. The third-order valence-corrected chi connectivity index (χ3v) is 4.34. The lowest BCUT2D eigenvalue weighted by molar-refractivity contribution is -0.120. The Morgan fingerprint density at radius 1 is 1.14 bits per heavy atom. The molecule has 2 amide bonds. The quantitative estimate of drug-likeness (QED) is 0.646. The second kappa shape index (κ2) is 8.90.